The van der Waals surface area contributed by atoms with E-state index in [1.165, 1.54) is 0 Å². The molecule has 0 aliphatic rings. The number of nitrogens with zero attached hydrogens (tertiary/aromatic N) is 3. The molecule has 6 heteroatoms. The first kappa shape index (κ1) is 16.9. The van der Waals surface area contributed by atoms with E-state index in [9.17, 15) is 14.4 Å². The second kappa shape index (κ2) is 7.06. The van der Waals surface area contributed by atoms with E-state index in [-0.39, 0.29) is 13.1 Å². The first-order valence-corrected chi connectivity index (χ1v) is 7.02. The molecule has 0 aliphatic heterocycles. The van der Waals surface area contributed by atoms with Crippen LogP contribution in [0.5, 0.6) is 0 Å². The van der Waals surface area contributed by atoms with Crippen LogP contribution in [0.15, 0.2) is 38.7 Å². The van der Waals surface area contributed by atoms with Crippen molar-refractivity contribution in [2.45, 2.75) is 53.2 Å². The van der Waals surface area contributed by atoms with Crippen LogP contribution in [0.3, 0.4) is 0 Å². The predicted octanol–water partition coefficient (Wildman–Crippen LogP) is 1.12. The van der Waals surface area contributed by atoms with Gasteiger partial charge in [-0.1, -0.05) is 37.6 Å². The van der Waals surface area contributed by atoms with Crippen molar-refractivity contribution in [3.63, 3.8) is 0 Å². The number of aromatic nitrogens is 3. The minimum Gasteiger partial charge on any atom is -0.247 e. The normalized spacial score (nSPS) is 10.6. The van der Waals surface area contributed by atoms with Gasteiger partial charge in [-0.3, -0.25) is 0 Å². The molecule has 1 aromatic heterocycles. The minimum absolute atomic E-state index is 0.111. The van der Waals surface area contributed by atoms with Gasteiger partial charge in [0, 0.05) is 6.54 Å². The van der Waals surface area contributed by atoms with Gasteiger partial charge >= 0.3 is 17.1 Å². The Hall–Kier alpha value is -2.11. The summed E-state index contributed by atoms with van der Waals surface area (Å²) in [7, 11) is 0. The quantitative estimate of drug-likeness (QED) is 0.708. The summed E-state index contributed by atoms with van der Waals surface area (Å²) in [5.41, 5.74) is -0.392. The maximum Gasteiger partial charge on any atom is 0.336 e. The molecule has 6 nitrogen and oxygen atoms in total. The highest BCUT2D eigenvalue weighted by atomic mass is 16.2. The monoisotopic (exact) mass is 293 g/mol. The van der Waals surface area contributed by atoms with Gasteiger partial charge in [0.05, 0.1) is 13.1 Å². The molecule has 0 amide bonds. The Morgan fingerprint density at radius 3 is 1.57 bits per heavy atom. The Morgan fingerprint density at radius 2 is 1.24 bits per heavy atom. The van der Waals surface area contributed by atoms with Gasteiger partial charge in [0.15, 0.2) is 0 Å². The van der Waals surface area contributed by atoms with Gasteiger partial charge in [-0.25, -0.2) is 28.1 Å². The van der Waals surface area contributed by atoms with E-state index >= 15 is 0 Å². The summed E-state index contributed by atoms with van der Waals surface area (Å²) in [4.78, 5) is 37.0. The summed E-state index contributed by atoms with van der Waals surface area (Å²) < 4.78 is 3.24. The fourth-order valence-corrected chi connectivity index (χ4v) is 2.00. The number of allylic oxidation sites excluding steroid dienone is 2. The van der Waals surface area contributed by atoms with Crippen LogP contribution in [0.2, 0.25) is 0 Å². The van der Waals surface area contributed by atoms with E-state index in [1.54, 1.807) is 13.8 Å². The van der Waals surface area contributed by atoms with E-state index < -0.39 is 17.1 Å². The Kier molecular flexibility index (Phi) is 5.69. The van der Waals surface area contributed by atoms with E-state index in [0.29, 0.717) is 24.1 Å². The molecule has 116 valence electrons. The molecule has 0 unspecified atom stereocenters. The highest BCUT2D eigenvalue weighted by molar-refractivity contribution is 4.94. The molecule has 0 aliphatic carbocycles. The SMILES string of the molecule is C=C(C)Cn1c(=O)n(CCCC)c(=O)n(CC(=C)C)c1=O. The first-order chi connectivity index (χ1) is 9.79. The molecule has 0 spiro atoms. The van der Waals surface area contributed by atoms with E-state index in [2.05, 4.69) is 13.2 Å². The summed E-state index contributed by atoms with van der Waals surface area (Å²) in [6.07, 6.45) is 1.56. The Morgan fingerprint density at radius 1 is 0.857 bits per heavy atom. The number of rotatable bonds is 7. The van der Waals surface area contributed by atoms with Crippen LogP contribution in [0.25, 0.3) is 0 Å². The molecule has 0 aromatic carbocycles. The van der Waals surface area contributed by atoms with Crippen molar-refractivity contribution in [1.82, 2.24) is 13.7 Å². The van der Waals surface area contributed by atoms with Crippen molar-refractivity contribution in [3.05, 3.63) is 55.8 Å². The molecule has 1 heterocycles. The zero-order chi connectivity index (χ0) is 16.2. The van der Waals surface area contributed by atoms with Gasteiger partial charge in [-0.2, -0.15) is 0 Å². The zero-order valence-electron chi connectivity index (χ0n) is 13.0. The van der Waals surface area contributed by atoms with Crippen molar-refractivity contribution < 1.29 is 0 Å². The Bertz CT molecular complexity index is 665. The van der Waals surface area contributed by atoms with E-state index in [0.717, 1.165) is 20.1 Å². The van der Waals surface area contributed by atoms with E-state index in [1.807, 2.05) is 6.92 Å². The van der Waals surface area contributed by atoms with Gasteiger partial charge in [-0.05, 0) is 20.3 Å². The van der Waals surface area contributed by atoms with Gasteiger partial charge in [0.2, 0.25) is 0 Å². The number of hydrogen-bond acceptors (Lipinski definition) is 3. The van der Waals surface area contributed by atoms with Crippen LogP contribution < -0.4 is 17.1 Å². The second-order valence-corrected chi connectivity index (χ2v) is 5.44. The van der Waals surface area contributed by atoms with E-state index in [4.69, 9.17) is 0 Å². The van der Waals surface area contributed by atoms with Crippen LogP contribution in [-0.2, 0) is 19.6 Å². The molecule has 21 heavy (non-hydrogen) atoms. The van der Waals surface area contributed by atoms with Gasteiger partial charge < -0.3 is 0 Å². The summed E-state index contributed by atoms with van der Waals surface area (Å²) >= 11 is 0. The molecule has 0 radical (unpaired) electrons. The topological polar surface area (TPSA) is 66.0 Å². The molecule has 0 atom stereocenters. The highest BCUT2D eigenvalue weighted by Gasteiger charge is 2.15. The lowest BCUT2D eigenvalue weighted by Crippen LogP contribution is -2.54. The number of hydrogen-bond donors (Lipinski definition) is 0. The van der Waals surface area contributed by atoms with Crippen LogP contribution in [0.4, 0.5) is 0 Å². The number of unbranched alkanes of at least 4 members (excludes halogenated alkanes) is 1. The molecule has 0 N–H and O–H groups in total. The molecule has 0 saturated carbocycles. The average molecular weight is 293 g/mol. The fraction of sp³-hybridized carbons (Fsp3) is 0.533. The predicted molar refractivity (Wildman–Crippen MR) is 83.8 cm³/mol. The Balaban J connectivity index is 3.61. The lowest BCUT2D eigenvalue weighted by molar-refractivity contribution is 0.460. The smallest absolute Gasteiger partial charge is 0.247 e. The third kappa shape index (κ3) is 3.93. The summed E-state index contributed by atoms with van der Waals surface area (Å²) in [5, 5.41) is 0. The molecule has 0 bridgehead atoms. The third-order valence-electron chi connectivity index (χ3n) is 2.98. The fourth-order valence-electron chi connectivity index (χ4n) is 2.00. The van der Waals surface area contributed by atoms with Crippen LogP contribution >= 0.6 is 0 Å². The molecule has 1 aromatic rings. The zero-order valence-corrected chi connectivity index (χ0v) is 13.0. The van der Waals surface area contributed by atoms with Crippen LogP contribution in [-0.4, -0.2) is 13.7 Å². The molecule has 0 fully saturated rings. The molecule has 0 saturated heterocycles. The van der Waals surface area contributed by atoms with Crippen molar-refractivity contribution >= 4 is 0 Å². The average Bonchev–Trinajstić information content (AvgIpc) is 2.39. The minimum atomic E-state index is -0.608. The van der Waals surface area contributed by atoms with Crippen LogP contribution in [0.1, 0.15) is 33.6 Å². The lowest BCUT2D eigenvalue weighted by atomic mass is 10.3. The van der Waals surface area contributed by atoms with Gasteiger partial charge in [-0.15, -0.1) is 0 Å². The van der Waals surface area contributed by atoms with Crippen molar-refractivity contribution in [3.8, 4) is 0 Å². The molecular formula is C15H23N3O3. The Labute approximate surface area is 123 Å². The summed E-state index contributed by atoms with van der Waals surface area (Å²) in [6.45, 7) is 13.4. The summed E-state index contributed by atoms with van der Waals surface area (Å²) in [6, 6.07) is 0. The maximum absolute atomic E-state index is 12.3. The van der Waals surface area contributed by atoms with Crippen molar-refractivity contribution in [2.75, 3.05) is 0 Å². The molecular weight excluding hydrogens is 270 g/mol. The van der Waals surface area contributed by atoms with Crippen molar-refractivity contribution in [2.24, 2.45) is 0 Å². The second-order valence-electron chi connectivity index (χ2n) is 5.44. The maximum atomic E-state index is 12.3. The standard InChI is InChI=1S/C15H23N3O3/c1-6-7-8-16-13(19)17(9-11(2)3)15(21)18(14(16)20)10-12(4)5/h2,4,6-10H2,1,3,5H3. The first-order valence-electron chi connectivity index (χ1n) is 7.02. The lowest BCUT2D eigenvalue weighted by Gasteiger charge is -2.13. The highest BCUT2D eigenvalue weighted by Crippen LogP contribution is 1.93. The van der Waals surface area contributed by atoms with Gasteiger partial charge in [0.25, 0.3) is 0 Å². The van der Waals surface area contributed by atoms with Crippen molar-refractivity contribution in [1.29, 1.82) is 0 Å². The summed E-state index contributed by atoms with van der Waals surface area (Å²) in [5.74, 6) is 0. The largest absolute Gasteiger partial charge is 0.336 e. The third-order valence-corrected chi connectivity index (χ3v) is 2.98. The van der Waals surface area contributed by atoms with Crippen LogP contribution in [0, 0.1) is 0 Å². The van der Waals surface area contributed by atoms with Gasteiger partial charge in [0.1, 0.15) is 0 Å². The molecule has 1 rings (SSSR count).